The molecule has 1 unspecified atom stereocenters. The van der Waals surface area contributed by atoms with E-state index in [1.807, 2.05) is 0 Å². The highest BCUT2D eigenvalue weighted by Gasteiger charge is 2.38. The first-order valence-electron chi connectivity index (χ1n) is 8.02. The lowest BCUT2D eigenvalue weighted by atomic mass is 9.88. The lowest BCUT2D eigenvalue weighted by Gasteiger charge is -2.25. The van der Waals surface area contributed by atoms with Gasteiger partial charge in [-0.3, -0.25) is 5.10 Å². The van der Waals surface area contributed by atoms with Crippen molar-refractivity contribution in [2.75, 3.05) is 6.54 Å². The Morgan fingerprint density at radius 2 is 2.05 bits per heavy atom. The van der Waals surface area contributed by atoms with Gasteiger partial charge in [0.15, 0.2) is 5.82 Å². The zero-order valence-corrected chi connectivity index (χ0v) is 12.0. The predicted molar refractivity (Wildman–Crippen MR) is 76.0 cm³/mol. The molecule has 1 aromatic heterocycles. The van der Waals surface area contributed by atoms with Crippen LogP contribution in [0.5, 0.6) is 0 Å². The van der Waals surface area contributed by atoms with Gasteiger partial charge in [0.05, 0.1) is 5.54 Å². The number of aromatic nitrogens is 3. The van der Waals surface area contributed by atoms with E-state index >= 15 is 0 Å². The second-order valence-electron chi connectivity index (χ2n) is 6.24. The van der Waals surface area contributed by atoms with Gasteiger partial charge in [-0.2, -0.15) is 5.10 Å². The standard InChI is InChI=1S/C15H26N4/c1-2-9-15(10-6-11-16-15)14-17-13(18-19-14)12-7-4-3-5-8-12/h12,16H,2-11H2,1H3,(H,17,18,19). The van der Waals surface area contributed by atoms with Crippen LogP contribution in [0.15, 0.2) is 0 Å². The lowest BCUT2D eigenvalue weighted by molar-refractivity contribution is 0.335. The smallest absolute Gasteiger partial charge is 0.170 e. The van der Waals surface area contributed by atoms with Gasteiger partial charge in [-0.25, -0.2) is 4.98 Å². The molecule has 1 aliphatic carbocycles. The third kappa shape index (κ3) is 2.55. The Labute approximate surface area is 115 Å². The van der Waals surface area contributed by atoms with Crippen molar-refractivity contribution >= 4 is 0 Å². The van der Waals surface area contributed by atoms with Gasteiger partial charge in [0.25, 0.3) is 0 Å². The van der Waals surface area contributed by atoms with Gasteiger partial charge in [0, 0.05) is 5.92 Å². The molecule has 1 aromatic rings. The van der Waals surface area contributed by atoms with Crippen molar-refractivity contribution in [1.29, 1.82) is 0 Å². The van der Waals surface area contributed by atoms with Crippen LogP contribution in [0, 0.1) is 0 Å². The molecule has 19 heavy (non-hydrogen) atoms. The average molecular weight is 262 g/mol. The van der Waals surface area contributed by atoms with E-state index in [4.69, 9.17) is 4.98 Å². The summed E-state index contributed by atoms with van der Waals surface area (Å²) in [6, 6.07) is 0. The van der Waals surface area contributed by atoms with Gasteiger partial charge in [-0.1, -0.05) is 32.6 Å². The van der Waals surface area contributed by atoms with E-state index in [2.05, 4.69) is 22.4 Å². The molecule has 0 bridgehead atoms. The normalized spacial score (nSPS) is 28.9. The second kappa shape index (κ2) is 5.61. The van der Waals surface area contributed by atoms with Crippen LogP contribution in [0.1, 0.15) is 82.3 Å². The number of nitrogens with one attached hydrogen (secondary N) is 2. The van der Waals surface area contributed by atoms with E-state index in [0.717, 1.165) is 24.6 Å². The fourth-order valence-corrected chi connectivity index (χ4v) is 3.80. The minimum atomic E-state index is 0.0537. The number of hydrogen-bond donors (Lipinski definition) is 2. The van der Waals surface area contributed by atoms with Crippen molar-refractivity contribution in [2.24, 2.45) is 0 Å². The summed E-state index contributed by atoms with van der Waals surface area (Å²) in [5, 5.41) is 11.5. The molecule has 2 fully saturated rings. The summed E-state index contributed by atoms with van der Waals surface area (Å²) in [6.07, 6.45) is 11.4. The van der Waals surface area contributed by atoms with Crippen molar-refractivity contribution in [3.05, 3.63) is 11.6 Å². The average Bonchev–Trinajstić information content (AvgIpc) is 3.09. The SMILES string of the molecule is CCCC1(c2n[nH]c(C3CCCCC3)n2)CCCN1. The highest BCUT2D eigenvalue weighted by atomic mass is 15.3. The van der Waals surface area contributed by atoms with Crippen LogP contribution in [0.3, 0.4) is 0 Å². The lowest BCUT2D eigenvalue weighted by Crippen LogP contribution is -2.37. The van der Waals surface area contributed by atoms with Crippen LogP contribution in [-0.2, 0) is 5.54 Å². The molecule has 1 saturated carbocycles. The maximum atomic E-state index is 4.88. The summed E-state index contributed by atoms with van der Waals surface area (Å²) in [5.41, 5.74) is 0.0537. The molecule has 0 amide bonds. The second-order valence-corrected chi connectivity index (χ2v) is 6.24. The summed E-state index contributed by atoms with van der Waals surface area (Å²) in [4.78, 5) is 4.88. The minimum absolute atomic E-state index is 0.0537. The summed E-state index contributed by atoms with van der Waals surface area (Å²) in [6.45, 7) is 3.35. The molecule has 3 rings (SSSR count). The molecule has 0 aromatic carbocycles. The maximum absolute atomic E-state index is 4.88. The largest absolute Gasteiger partial charge is 0.305 e. The molecule has 4 heteroatoms. The molecule has 0 radical (unpaired) electrons. The van der Waals surface area contributed by atoms with Crippen molar-refractivity contribution < 1.29 is 0 Å². The van der Waals surface area contributed by atoms with Crippen LogP contribution in [-0.4, -0.2) is 21.7 Å². The molecule has 0 spiro atoms. The number of hydrogen-bond acceptors (Lipinski definition) is 3. The Morgan fingerprint density at radius 1 is 1.21 bits per heavy atom. The van der Waals surface area contributed by atoms with E-state index < -0.39 is 0 Å². The molecule has 2 aliphatic rings. The van der Waals surface area contributed by atoms with E-state index in [-0.39, 0.29) is 5.54 Å². The van der Waals surface area contributed by atoms with Crippen LogP contribution in [0.2, 0.25) is 0 Å². The van der Waals surface area contributed by atoms with Crippen LogP contribution in [0.25, 0.3) is 0 Å². The molecule has 4 nitrogen and oxygen atoms in total. The molecule has 1 aliphatic heterocycles. The van der Waals surface area contributed by atoms with Gasteiger partial charge >= 0.3 is 0 Å². The Bertz CT molecular complexity index is 400. The monoisotopic (exact) mass is 262 g/mol. The predicted octanol–water partition coefficient (Wildman–Crippen LogP) is 3.23. The highest BCUT2D eigenvalue weighted by molar-refractivity contribution is 5.11. The quantitative estimate of drug-likeness (QED) is 0.876. The van der Waals surface area contributed by atoms with Crippen LogP contribution >= 0.6 is 0 Å². The summed E-state index contributed by atoms with van der Waals surface area (Å²) in [5.74, 6) is 2.78. The first kappa shape index (κ1) is 13.1. The van der Waals surface area contributed by atoms with Crippen molar-refractivity contribution in [1.82, 2.24) is 20.5 Å². The van der Waals surface area contributed by atoms with Crippen LogP contribution < -0.4 is 5.32 Å². The van der Waals surface area contributed by atoms with E-state index in [1.54, 1.807) is 0 Å². The highest BCUT2D eigenvalue weighted by Crippen LogP contribution is 2.35. The topological polar surface area (TPSA) is 53.6 Å². The number of H-pyrrole nitrogens is 1. The Morgan fingerprint density at radius 3 is 2.74 bits per heavy atom. The van der Waals surface area contributed by atoms with Crippen molar-refractivity contribution in [3.8, 4) is 0 Å². The van der Waals surface area contributed by atoms with Gasteiger partial charge in [-0.15, -0.1) is 0 Å². The van der Waals surface area contributed by atoms with Gasteiger partial charge in [0.2, 0.25) is 0 Å². The Balaban J connectivity index is 1.79. The molecule has 2 heterocycles. The Kier molecular flexibility index (Phi) is 3.87. The third-order valence-electron chi connectivity index (χ3n) is 4.84. The first-order chi connectivity index (χ1) is 9.34. The molecule has 106 valence electrons. The first-order valence-corrected chi connectivity index (χ1v) is 8.02. The minimum Gasteiger partial charge on any atom is -0.305 e. The molecule has 1 atom stereocenters. The molecule has 1 saturated heterocycles. The number of nitrogens with zero attached hydrogens (tertiary/aromatic N) is 2. The van der Waals surface area contributed by atoms with Gasteiger partial charge in [0.1, 0.15) is 5.82 Å². The van der Waals surface area contributed by atoms with Gasteiger partial charge in [-0.05, 0) is 38.6 Å². The molecule has 2 N–H and O–H groups in total. The van der Waals surface area contributed by atoms with Crippen molar-refractivity contribution in [3.63, 3.8) is 0 Å². The summed E-state index contributed by atoms with van der Waals surface area (Å²) in [7, 11) is 0. The zero-order chi connectivity index (χ0) is 13.1. The maximum Gasteiger partial charge on any atom is 0.170 e. The van der Waals surface area contributed by atoms with Gasteiger partial charge < -0.3 is 5.32 Å². The Hall–Kier alpha value is -0.900. The molecular weight excluding hydrogens is 236 g/mol. The number of rotatable bonds is 4. The van der Waals surface area contributed by atoms with Crippen molar-refractivity contribution in [2.45, 2.75) is 76.2 Å². The fraction of sp³-hybridized carbons (Fsp3) is 0.867. The van der Waals surface area contributed by atoms with E-state index in [1.165, 1.54) is 51.4 Å². The third-order valence-corrected chi connectivity index (χ3v) is 4.84. The molecular formula is C15H26N4. The zero-order valence-electron chi connectivity index (χ0n) is 12.0. The van der Waals surface area contributed by atoms with E-state index in [9.17, 15) is 0 Å². The fourth-order valence-electron chi connectivity index (χ4n) is 3.80. The summed E-state index contributed by atoms with van der Waals surface area (Å²) < 4.78 is 0. The summed E-state index contributed by atoms with van der Waals surface area (Å²) >= 11 is 0. The number of aromatic amines is 1. The van der Waals surface area contributed by atoms with Crippen LogP contribution in [0.4, 0.5) is 0 Å². The van der Waals surface area contributed by atoms with E-state index in [0.29, 0.717) is 5.92 Å².